The molecule has 1 saturated heterocycles. The zero-order valence-corrected chi connectivity index (χ0v) is 12.7. The van der Waals surface area contributed by atoms with Crippen LogP contribution in [0.25, 0.3) is 0 Å². The Hall–Kier alpha value is -2.40. The van der Waals surface area contributed by atoms with Gasteiger partial charge in [0.15, 0.2) is 5.75 Å². The van der Waals surface area contributed by atoms with Crippen molar-refractivity contribution in [1.82, 2.24) is 5.32 Å². The average Bonchev–Trinajstić information content (AvgIpc) is 3.02. The molecule has 120 valence electrons. The van der Waals surface area contributed by atoms with Gasteiger partial charge in [0.2, 0.25) is 5.91 Å². The van der Waals surface area contributed by atoms with Crippen LogP contribution >= 0.6 is 0 Å². The van der Waals surface area contributed by atoms with Gasteiger partial charge < -0.3 is 15.4 Å². The fourth-order valence-corrected chi connectivity index (χ4v) is 2.67. The smallest absolute Gasteiger partial charge is 0.226 e. The Morgan fingerprint density at radius 1 is 1.26 bits per heavy atom. The first-order valence-corrected chi connectivity index (χ1v) is 7.76. The van der Waals surface area contributed by atoms with Crippen molar-refractivity contribution in [3.05, 3.63) is 54.3 Å². The Kier molecular flexibility index (Phi) is 4.88. The monoisotopic (exact) mass is 314 g/mol. The van der Waals surface area contributed by atoms with E-state index in [1.807, 2.05) is 12.1 Å². The summed E-state index contributed by atoms with van der Waals surface area (Å²) in [6.45, 7) is 0.969. The fraction of sp³-hybridized carbons (Fsp3) is 0.278. The van der Waals surface area contributed by atoms with Crippen LogP contribution in [0.2, 0.25) is 0 Å². The van der Waals surface area contributed by atoms with Crippen molar-refractivity contribution < 1.29 is 13.9 Å². The minimum Gasteiger partial charge on any atom is -0.455 e. The molecule has 0 spiro atoms. The first-order valence-electron chi connectivity index (χ1n) is 7.76. The molecule has 1 atom stereocenters. The van der Waals surface area contributed by atoms with Gasteiger partial charge in [-0.05, 0) is 43.7 Å². The van der Waals surface area contributed by atoms with Crippen LogP contribution in [0, 0.1) is 5.82 Å². The number of hydrogen-bond acceptors (Lipinski definition) is 3. The second-order valence-electron chi connectivity index (χ2n) is 5.60. The van der Waals surface area contributed by atoms with Crippen LogP contribution in [-0.2, 0) is 4.79 Å². The van der Waals surface area contributed by atoms with Gasteiger partial charge in [-0.25, -0.2) is 4.39 Å². The summed E-state index contributed by atoms with van der Waals surface area (Å²) >= 11 is 0. The Morgan fingerprint density at radius 2 is 2.13 bits per heavy atom. The average molecular weight is 314 g/mol. The highest BCUT2D eigenvalue weighted by molar-refractivity contribution is 5.92. The molecule has 0 aliphatic carbocycles. The van der Waals surface area contributed by atoms with Crippen molar-refractivity contribution in [2.24, 2.45) is 0 Å². The summed E-state index contributed by atoms with van der Waals surface area (Å²) in [5.41, 5.74) is 0.583. The molecular formula is C18H19FN2O2. The number of carbonyl (C=O) groups is 1. The van der Waals surface area contributed by atoms with Crippen LogP contribution in [0.5, 0.6) is 11.5 Å². The van der Waals surface area contributed by atoms with E-state index in [4.69, 9.17) is 4.74 Å². The summed E-state index contributed by atoms with van der Waals surface area (Å²) in [7, 11) is 0. The van der Waals surface area contributed by atoms with E-state index in [9.17, 15) is 9.18 Å². The van der Waals surface area contributed by atoms with E-state index in [-0.39, 0.29) is 17.8 Å². The lowest BCUT2D eigenvalue weighted by molar-refractivity contribution is -0.116. The molecule has 2 aromatic rings. The SMILES string of the molecule is O=C(CC1CCCN1)Nc1ccccc1Oc1cccc(F)c1. The number of anilines is 1. The summed E-state index contributed by atoms with van der Waals surface area (Å²) in [5.74, 6) is 0.464. The number of para-hydroxylation sites is 2. The molecule has 0 radical (unpaired) electrons. The van der Waals surface area contributed by atoms with Crippen LogP contribution in [0.1, 0.15) is 19.3 Å². The molecule has 1 amide bonds. The van der Waals surface area contributed by atoms with E-state index in [1.54, 1.807) is 24.3 Å². The predicted octanol–water partition coefficient (Wildman–Crippen LogP) is 3.70. The Balaban J connectivity index is 1.68. The normalized spacial score (nSPS) is 17.0. The highest BCUT2D eigenvalue weighted by Crippen LogP contribution is 2.29. The number of halogens is 1. The maximum absolute atomic E-state index is 13.3. The zero-order valence-electron chi connectivity index (χ0n) is 12.7. The molecule has 4 nitrogen and oxygen atoms in total. The number of hydrogen-bond donors (Lipinski definition) is 2. The van der Waals surface area contributed by atoms with Gasteiger partial charge in [-0.2, -0.15) is 0 Å². The lowest BCUT2D eigenvalue weighted by Gasteiger charge is -2.14. The van der Waals surface area contributed by atoms with E-state index < -0.39 is 0 Å². The minimum atomic E-state index is -0.365. The van der Waals surface area contributed by atoms with Crippen LogP contribution in [-0.4, -0.2) is 18.5 Å². The zero-order chi connectivity index (χ0) is 16.1. The van der Waals surface area contributed by atoms with E-state index >= 15 is 0 Å². The number of amides is 1. The van der Waals surface area contributed by atoms with Gasteiger partial charge in [-0.15, -0.1) is 0 Å². The van der Waals surface area contributed by atoms with Crippen molar-refractivity contribution in [3.63, 3.8) is 0 Å². The molecule has 0 saturated carbocycles. The summed E-state index contributed by atoms with van der Waals surface area (Å²) < 4.78 is 18.9. The van der Waals surface area contributed by atoms with Crippen LogP contribution in [0.3, 0.4) is 0 Å². The van der Waals surface area contributed by atoms with Crippen LogP contribution in [0.4, 0.5) is 10.1 Å². The van der Waals surface area contributed by atoms with Gasteiger partial charge in [0.05, 0.1) is 5.69 Å². The molecule has 1 heterocycles. The topological polar surface area (TPSA) is 50.4 Å². The van der Waals surface area contributed by atoms with Gasteiger partial charge in [0, 0.05) is 18.5 Å². The largest absolute Gasteiger partial charge is 0.455 e. The summed E-state index contributed by atoms with van der Waals surface area (Å²) in [4.78, 5) is 12.2. The Morgan fingerprint density at radius 3 is 2.91 bits per heavy atom. The molecule has 1 fully saturated rings. The molecule has 23 heavy (non-hydrogen) atoms. The van der Waals surface area contributed by atoms with Gasteiger partial charge in [-0.3, -0.25) is 4.79 Å². The van der Waals surface area contributed by atoms with Gasteiger partial charge in [-0.1, -0.05) is 18.2 Å². The van der Waals surface area contributed by atoms with Crippen LogP contribution in [0.15, 0.2) is 48.5 Å². The summed E-state index contributed by atoms with van der Waals surface area (Å²) in [5, 5.41) is 6.17. The quantitative estimate of drug-likeness (QED) is 0.885. The van der Waals surface area contributed by atoms with Gasteiger partial charge in [0.25, 0.3) is 0 Å². The molecule has 1 aliphatic heterocycles. The molecule has 0 bridgehead atoms. The molecule has 1 unspecified atom stereocenters. The highest BCUT2D eigenvalue weighted by Gasteiger charge is 2.18. The Bertz CT molecular complexity index is 684. The third-order valence-corrected chi connectivity index (χ3v) is 3.78. The number of nitrogens with one attached hydrogen (secondary N) is 2. The second kappa shape index (κ2) is 7.24. The van der Waals surface area contributed by atoms with Gasteiger partial charge >= 0.3 is 0 Å². The van der Waals surface area contributed by atoms with Crippen molar-refractivity contribution in [3.8, 4) is 11.5 Å². The lowest BCUT2D eigenvalue weighted by atomic mass is 10.1. The lowest BCUT2D eigenvalue weighted by Crippen LogP contribution is -2.27. The standard InChI is InChI=1S/C18H19FN2O2/c19-13-5-3-7-15(11-13)23-17-9-2-1-8-16(17)21-18(22)12-14-6-4-10-20-14/h1-3,5,7-9,11,14,20H,4,6,10,12H2,(H,21,22). The fourth-order valence-electron chi connectivity index (χ4n) is 2.67. The van der Waals surface area contributed by atoms with Crippen LogP contribution < -0.4 is 15.4 Å². The van der Waals surface area contributed by atoms with Gasteiger partial charge in [0.1, 0.15) is 11.6 Å². The van der Waals surface area contributed by atoms with E-state index in [1.165, 1.54) is 12.1 Å². The maximum Gasteiger partial charge on any atom is 0.226 e. The van der Waals surface area contributed by atoms with Crippen molar-refractivity contribution in [1.29, 1.82) is 0 Å². The second-order valence-corrected chi connectivity index (χ2v) is 5.60. The minimum absolute atomic E-state index is 0.0558. The molecular weight excluding hydrogens is 295 g/mol. The van der Waals surface area contributed by atoms with Crippen molar-refractivity contribution >= 4 is 11.6 Å². The third-order valence-electron chi connectivity index (χ3n) is 3.78. The first-order chi connectivity index (χ1) is 11.2. The molecule has 2 N–H and O–H groups in total. The predicted molar refractivity (Wildman–Crippen MR) is 87.2 cm³/mol. The molecule has 2 aromatic carbocycles. The van der Waals surface area contributed by atoms with E-state index in [0.29, 0.717) is 23.6 Å². The van der Waals surface area contributed by atoms with Crippen molar-refractivity contribution in [2.75, 3.05) is 11.9 Å². The third kappa shape index (κ3) is 4.29. The number of rotatable bonds is 5. The highest BCUT2D eigenvalue weighted by atomic mass is 19.1. The summed E-state index contributed by atoms with van der Waals surface area (Å²) in [6, 6.07) is 13.3. The van der Waals surface area contributed by atoms with Crippen molar-refractivity contribution in [2.45, 2.75) is 25.3 Å². The molecule has 5 heteroatoms. The Labute approximate surface area is 134 Å². The summed E-state index contributed by atoms with van der Waals surface area (Å²) in [6.07, 6.45) is 2.57. The number of carbonyl (C=O) groups excluding carboxylic acids is 1. The van der Waals surface area contributed by atoms with E-state index in [2.05, 4.69) is 10.6 Å². The maximum atomic E-state index is 13.3. The number of ether oxygens (including phenoxy) is 1. The first kappa shape index (κ1) is 15.5. The molecule has 0 aromatic heterocycles. The molecule has 1 aliphatic rings. The van der Waals surface area contributed by atoms with E-state index in [0.717, 1.165) is 19.4 Å². The molecule has 3 rings (SSSR count). The number of benzene rings is 2.